The minimum atomic E-state index is -0.952. The lowest BCUT2D eigenvalue weighted by atomic mass is 9.82. The highest BCUT2D eigenvalue weighted by Gasteiger charge is 2.27. The van der Waals surface area contributed by atoms with Crippen molar-refractivity contribution in [3.05, 3.63) is 95.8 Å². The van der Waals surface area contributed by atoms with Crippen molar-refractivity contribution in [3.8, 4) is 22.6 Å². The van der Waals surface area contributed by atoms with Gasteiger partial charge in [-0.3, -0.25) is 0 Å². The van der Waals surface area contributed by atoms with Crippen molar-refractivity contribution in [2.45, 2.75) is 57.7 Å². The van der Waals surface area contributed by atoms with Crippen molar-refractivity contribution in [3.63, 3.8) is 0 Å². The molecule has 1 fully saturated rings. The lowest BCUT2D eigenvalue weighted by Gasteiger charge is -2.29. The number of hydrogen-bond acceptors (Lipinski definition) is 3. The summed E-state index contributed by atoms with van der Waals surface area (Å²) in [7, 11) is 0. The third-order valence-electron chi connectivity index (χ3n) is 6.79. The van der Waals surface area contributed by atoms with Crippen LogP contribution in [0.25, 0.3) is 11.1 Å². The highest BCUT2D eigenvalue weighted by Crippen LogP contribution is 2.37. The molecule has 3 aromatic rings. The fourth-order valence-electron chi connectivity index (χ4n) is 4.75. The molecular weight excluding hydrogens is 477 g/mol. The van der Waals surface area contributed by atoms with Crippen molar-refractivity contribution in [2.75, 3.05) is 13.2 Å². The van der Waals surface area contributed by atoms with Gasteiger partial charge in [-0.05, 0) is 85.4 Å². The second kappa shape index (κ2) is 12.8. The first-order valence-electron chi connectivity index (χ1n) is 12.8. The zero-order valence-electron chi connectivity index (χ0n) is 21.2. The van der Waals surface area contributed by atoms with Crippen molar-refractivity contribution < 1.29 is 27.4 Å². The molecule has 0 heterocycles. The van der Waals surface area contributed by atoms with Gasteiger partial charge in [-0.2, -0.15) is 4.39 Å². The van der Waals surface area contributed by atoms with Crippen molar-refractivity contribution >= 4 is 0 Å². The Morgan fingerprint density at radius 1 is 0.838 bits per heavy atom. The van der Waals surface area contributed by atoms with Gasteiger partial charge in [0, 0.05) is 6.61 Å². The zero-order valence-corrected chi connectivity index (χ0v) is 21.2. The minimum Gasteiger partial charge on any atom is -0.490 e. The van der Waals surface area contributed by atoms with Crippen LogP contribution in [-0.4, -0.2) is 19.3 Å². The summed E-state index contributed by atoms with van der Waals surface area (Å²) in [6, 6.07) is 15.3. The predicted octanol–water partition coefficient (Wildman–Crippen LogP) is 8.37. The van der Waals surface area contributed by atoms with Crippen molar-refractivity contribution in [1.82, 2.24) is 0 Å². The molecule has 1 saturated carbocycles. The topological polar surface area (TPSA) is 27.7 Å². The zero-order chi connectivity index (χ0) is 26.2. The van der Waals surface area contributed by atoms with Gasteiger partial charge in [0.15, 0.2) is 23.1 Å². The van der Waals surface area contributed by atoms with Crippen LogP contribution < -0.4 is 9.47 Å². The molecule has 3 aromatic carbocycles. The van der Waals surface area contributed by atoms with Gasteiger partial charge in [-0.15, -0.1) is 6.58 Å². The molecule has 196 valence electrons. The van der Waals surface area contributed by atoms with Crippen molar-refractivity contribution in [2.24, 2.45) is 0 Å². The van der Waals surface area contributed by atoms with Crippen LogP contribution in [0.4, 0.5) is 13.2 Å². The van der Waals surface area contributed by atoms with E-state index in [1.165, 1.54) is 12.1 Å². The number of hydrogen-bond donors (Lipinski definition) is 0. The van der Waals surface area contributed by atoms with Crippen LogP contribution in [0.5, 0.6) is 11.5 Å². The molecule has 1 aliphatic carbocycles. The largest absolute Gasteiger partial charge is 0.490 e. The van der Waals surface area contributed by atoms with Gasteiger partial charge in [0.25, 0.3) is 0 Å². The standard InChI is InChI=1S/C31H33F3O3/c1-3-5-18-36-28-16-12-24(19-27(28)32)22-8-6-21(7-9-22)20-37-29-17-15-26(30(33)31(29)34)23-10-13-25(14-11-23)35-4-2/h3,6-9,12,15-17,19,23,25H,1,4-5,10-11,13-14,18,20H2,2H3. The Labute approximate surface area is 216 Å². The van der Waals surface area contributed by atoms with Gasteiger partial charge in [0.2, 0.25) is 5.82 Å². The van der Waals surface area contributed by atoms with Crippen LogP contribution in [0.1, 0.15) is 56.1 Å². The first kappa shape index (κ1) is 26.8. The molecule has 6 heteroatoms. The number of benzene rings is 3. The van der Waals surface area contributed by atoms with Gasteiger partial charge in [0.1, 0.15) is 6.61 Å². The average Bonchev–Trinajstić information content (AvgIpc) is 2.92. The monoisotopic (exact) mass is 510 g/mol. The normalized spacial score (nSPS) is 17.4. The maximum absolute atomic E-state index is 14.9. The van der Waals surface area contributed by atoms with Crippen LogP contribution in [0.3, 0.4) is 0 Å². The molecule has 4 rings (SSSR count). The summed E-state index contributed by atoms with van der Waals surface area (Å²) in [6.07, 6.45) is 5.84. The number of halogens is 3. The third kappa shape index (κ3) is 6.75. The van der Waals surface area contributed by atoms with Crippen LogP contribution in [0.15, 0.2) is 67.3 Å². The molecule has 0 bridgehead atoms. The van der Waals surface area contributed by atoms with Gasteiger partial charge in [-0.25, -0.2) is 8.78 Å². The molecule has 0 radical (unpaired) electrons. The summed E-state index contributed by atoms with van der Waals surface area (Å²) in [4.78, 5) is 0. The lowest BCUT2D eigenvalue weighted by Crippen LogP contribution is -2.21. The van der Waals surface area contributed by atoms with E-state index in [-0.39, 0.29) is 30.1 Å². The van der Waals surface area contributed by atoms with Crippen LogP contribution >= 0.6 is 0 Å². The fraction of sp³-hybridized carbons (Fsp3) is 0.355. The highest BCUT2D eigenvalue weighted by atomic mass is 19.2. The molecule has 0 unspecified atom stereocenters. The van der Waals surface area contributed by atoms with Crippen LogP contribution in [0, 0.1) is 17.5 Å². The first-order chi connectivity index (χ1) is 18.0. The SMILES string of the molecule is C=CCCOc1ccc(-c2ccc(COc3ccc(C4CCC(OCC)CC4)c(F)c3F)cc2)cc1F. The minimum absolute atomic E-state index is 0.00888. The Morgan fingerprint density at radius 2 is 1.54 bits per heavy atom. The molecular formula is C31H33F3O3. The van der Waals surface area contributed by atoms with E-state index in [2.05, 4.69) is 6.58 Å². The number of ether oxygens (including phenoxy) is 3. The Balaban J connectivity index is 1.36. The predicted molar refractivity (Wildman–Crippen MR) is 139 cm³/mol. The molecule has 0 amide bonds. The average molecular weight is 511 g/mol. The van der Waals surface area contributed by atoms with Gasteiger partial charge >= 0.3 is 0 Å². The van der Waals surface area contributed by atoms with E-state index < -0.39 is 17.5 Å². The second-order valence-electron chi connectivity index (χ2n) is 9.27. The highest BCUT2D eigenvalue weighted by molar-refractivity contribution is 5.64. The summed E-state index contributed by atoms with van der Waals surface area (Å²) in [5.74, 6) is -2.13. The maximum Gasteiger partial charge on any atom is 0.200 e. The molecule has 0 N–H and O–H groups in total. The van der Waals surface area contributed by atoms with Crippen molar-refractivity contribution in [1.29, 1.82) is 0 Å². The molecule has 1 aliphatic rings. The van der Waals surface area contributed by atoms with Gasteiger partial charge in [-0.1, -0.05) is 42.5 Å². The van der Waals surface area contributed by atoms with E-state index in [9.17, 15) is 13.2 Å². The summed E-state index contributed by atoms with van der Waals surface area (Å²) in [5.41, 5.74) is 2.72. The smallest absolute Gasteiger partial charge is 0.200 e. The lowest BCUT2D eigenvalue weighted by molar-refractivity contribution is 0.0325. The van der Waals surface area contributed by atoms with E-state index in [1.807, 2.05) is 31.2 Å². The second-order valence-corrected chi connectivity index (χ2v) is 9.27. The Bertz CT molecular complexity index is 1190. The first-order valence-corrected chi connectivity index (χ1v) is 12.8. The van der Waals surface area contributed by atoms with E-state index in [1.54, 1.807) is 24.3 Å². The van der Waals surface area contributed by atoms with Crippen LogP contribution in [0.2, 0.25) is 0 Å². The molecule has 0 saturated heterocycles. The van der Waals surface area contributed by atoms with E-state index >= 15 is 0 Å². The Kier molecular flexibility index (Phi) is 9.29. The Morgan fingerprint density at radius 3 is 2.22 bits per heavy atom. The molecule has 0 spiro atoms. The Hall–Kier alpha value is -3.25. The molecule has 37 heavy (non-hydrogen) atoms. The maximum atomic E-state index is 14.9. The van der Waals surface area contributed by atoms with Crippen LogP contribution in [-0.2, 0) is 11.3 Å². The molecule has 0 atom stereocenters. The van der Waals surface area contributed by atoms with E-state index in [0.717, 1.165) is 36.8 Å². The summed E-state index contributed by atoms with van der Waals surface area (Å²) in [6.45, 7) is 6.72. The molecule has 0 aliphatic heterocycles. The summed E-state index contributed by atoms with van der Waals surface area (Å²) in [5, 5.41) is 0. The van der Waals surface area contributed by atoms with Gasteiger partial charge in [0.05, 0.1) is 12.7 Å². The quantitative estimate of drug-likeness (QED) is 0.192. The third-order valence-corrected chi connectivity index (χ3v) is 6.79. The van der Waals surface area contributed by atoms with Gasteiger partial charge < -0.3 is 14.2 Å². The summed E-state index contributed by atoms with van der Waals surface area (Å²) >= 11 is 0. The van der Waals surface area contributed by atoms with E-state index in [4.69, 9.17) is 14.2 Å². The number of rotatable bonds is 11. The van der Waals surface area contributed by atoms with E-state index in [0.29, 0.717) is 30.8 Å². The summed E-state index contributed by atoms with van der Waals surface area (Å²) < 4.78 is 60.7. The molecule has 3 nitrogen and oxygen atoms in total. The fourth-order valence-corrected chi connectivity index (χ4v) is 4.75. The molecule has 0 aromatic heterocycles.